The first-order valence-corrected chi connectivity index (χ1v) is 4.09. The summed E-state index contributed by atoms with van der Waals surface area (Å²) in [7, 11) is 0. The fourth-order valence-electron chi connectivity index (χ4n) is 1.20. The van der Waals surface area contributed by atoms with E-state index in [0.717, 1.165) is 4.76 Å². The van der Waals surface area contributed by atoms with Crippen molar-refractivity contribution in [3.8, 4) is 0 Å². The van der Waals surface area contributed by atoms with E-state index in [2.05, 4.69) is 0 Å². The predicted molar refractivity (Wildman–Crippen MR) is 46.5 cm³/mol. The first kappa shape index (κ1) is 9.57. The van der Waals surface area contributed by atoms with E-state index in [-0.39, 0.29) is 5.70 Å². The Morgan fingerprint density at radius 3 is 2.77 bits per heavy atom. The highest BCUT2D eigenvalue weighted by Gasteiger charge is 2.31. The van der Waals surface area contributed by atoms with E-state index in [1.165, 1.54) is 12.3 Å². The fraction of sp³-hybridized carbons (Fsp3) is 0.500. The fourth-order valence-corrected chi connectivity index (χ4v) is 1.20. The Morgan fingerprint density at radius 2 is 2.31 bits per heavy atom. The van der Waals surface area contributed by atoms with E-state index in [1.807, 2.05) is 0 Å². The molecule has 13 heavy (non-hydrogen) atoms. The Bertz CT molecular complexity index is 317. The summed E-state index contributed by atoms with van der Waals surface area (Å²) in [4.78, 5) is 21.2. The number of nitrogens with zero attached hydrogens (tertiary/aromatic N) is 2. The molecule has 0 bridgehead atoms. The van der Waals surface area contributed by atoms with Crippen LogP contribution in [0.5, 0.6) is 0 Å². The van der Waals surface area contributed by atoms with Crippen LogP contribution in [0, 0.1) is 15.0 Å². The summed E-state index contributed by atoms with van der Waals surface area (Å²) in [5.74, 6) is 0. The lowest BCUT2D eigenvalue weighted by Crippen LogP contribution is -2.21. The number of hydrogen-bond acceptors (Lipinski definition) is 3. The maximum atomic E-state index is 11.1. The number of allylic oxidation sites excluding steroid dienone is 1. The smallest absolute Gasteiger partial charge is 0.258 e. The maximum Gasteiger partial charge on any atom is 0.281 e. The molecule has 0 radical (unpaired) electrons. The third kappa shape index (κ3) is 1.80. The van der Waals surface area contributed by atoms with Crippen LogP contribution in [0.15, 0.2) is 23.5 Å². The summed E-state index contributed by atoms with van der Waals surface area (Å²) >= 11 is 0. The lowest BCUT2D eigenvalue weighted by Gasteiger charge is -2.05. The van der Waals surface area contributed by atoms with Gasteiger partial charge in [0.1, 0.15) is 0 Å². The van der Waals surface area contributed by atoms with Crippen molar-refractivity contribution in [2.24, 2.45) is 0 Å². The summed E-state index contributed by atoms with van der Waals surface area (Å²) in [5.41, 5.74) is 0.542. The molecule has 70 valence electrons. The molecule has 1 heterocycles. The molecule has 1 aliphatic rings. The van der Waals surface area contributed by atoms with Crippen molar-refractivity contribution in [1.29, 1.82) is 0 Å². The zero-order chi connectivity index (χ0) is 10.0. The largest absolute Gasteiger partial charge is 0.281 e. The van der Waals surface area contributed by atoms with Crippen LogP contribution in [0.4, 0.5) is 0 Å². The lowest BCUT2D eigenvalue weighted by atomic mass is 10.1. The molecule has 0 spiro atoms. The van der Waals surface area contributed by atoms with E-state index in [1.54, 1.807) is 13.8 Å². The number of nitroso groups, excluding NO2 is 1. The van der Waals surface area contributed by atoms with Gasteiger partial charge in [0.2, 0.25) is 12.2 Å². The normalized spacial score (nSPS) is 22.3. The Balaban J connectivity index is 3.06. The van der Waals surface area contributed by atoms with Gasteiger partial charge in [0, 0.05) is 16.6 Å². The van der Waals surface area contributed by atoms with E-state index in [0.29, 0.717) is 12.0 Å². The van der Waals surface area contributed by atoms with Gasteiger partial charge in [-0.15, -0.1) is 0 Å². The van der Waals surface area contributed by atoms with E-state index in [4.69, 9.17) is 0 Å². The third-order valence-corrected chi connectivity index (χ3v) is 1.99. The van der Waals surface area contributed by atoms with Gasteiger partial charge in [-0.2, -0.15) is 0 Å². The number of nitro groups is 1. The minimum absolute atomic E-state index is 0.0575. The zero-order valence-corrected chi connectivity index (χ0v) is 7.56. The number of hydrogen-bond donors (Lipinski definition) is 0. The van der Waals surface area contributed by atoms with Crippen LogP contribution in [-0.4, -0.2) is 15.7 Å². The molecule has 1 unspecified atom stereocenters. The van der Waals surface area contributed by atoms with Crippen LogP contribution in [0.25, 0.3) is 0 Å². The molecule has 1 atom stereocenters. The van der Waals surface area contributed by atoms with E-state index >= 15 is 0 Å². The second-order valence-corrected chi connectivity index (χ2v) is 2.92. The molecule has 0 aliphatic carbocycles. The summed E-state index contributed by atoms with van der Waals surface area (Å²) in [6.07, 6.45) is 3.17. The zero-order valence-electron chi connectivity index (χ0n) is 7.56. The Hall–Kier alpha value is -1.52. The molecular formula is C8H11N2O3+. The molecule has 0 fully saturated rings. The minimum atomic E-state index is -0.448. The Labute approximate surface area is 75.5 Å². The summed E-state index contributed by atoms with van der Waals surface area (Å²) in [6, 6.07) is -0.448. The van der Waals surface area contributed by atoms with Gasteiger partial charge in [-0.3, -0.25) is 10.1 Å². The van der Waals surface area contributed by atoms with Gasteiger partial charge < -0.3 is 0 Å². The summed E-state index contributed by atoms with van der Waals surface area (Å²) in [6.45, 7) is 3.41. The molecule has 0 amide bonds. The van der Waals surface area contributed by atoms with Crippen LogP contribution in [0.3, 0.4) is 0 Å². The molecular weight excluding hydrogens is 172 g/mol. The molecule has 0 saturated carbocycles. The van der Waals surface area contributed by atoms with Crippen molar-refractivity contribution in [2.75, 3.05) is 0 Å². The van der Waals surface area contributed by atoms with Gasteiger partial charge in [0.25, 0.3) is 5.70 Å². The molecule has 5 nitrogen and oxygen atoms in total. The van der Waals surface area contributed by atoms with Gasteiger partial charge in [0.05, 0.1) is 16.6 Å². The molecule has 0 N–H and O–H groups in total. The minimum Gasteiger partial charge on any atom is -0.258 e. The van der Waals surface area contributed by atoms with Crippen LogP contribution in [0.2, 0.25) is 0 Å². The van der Waals surface area contributed by atoms with E-state index in [9.17, 15) is 15.0 Å². The topological polar surface area (TPSA) is 63.2 Å². The SMILES string of the molecule is CCC1=C[N+](=O)C(C)C=C1[N+](=O)[O-]. The Kier molecular flexibility index (Phi) is 2.55. The van der Waals surface area contributed by atoms with Crippen molar-refractivity contribution >= 4 is 0 Å². The highest BCUT2D eigenvalue weighted by atomic mass is 16.6. The van der Waals surface area contributed by atoms with Crippen LogP contribution in [0.1, 0.15) is 20.3 Å². The third-order valence-electron chi connectivity index (χ3n) is 1.99. The quantitative estimate of drug-likeness (QED) is 0.371. The van der Waals surface area contributed by atoms with Crippen LogP contribution < -0.4 is 0 Å². The van der Waals surface area contributed by atoms with Crippen LogP contribution >= 0.6 is 0 Å². The van der Waals surface area contributed by atoms with Crippen molar-refractivity contribution in [1.82, 2.24) is 0 Å². The first-order valence-electron chi connectivity index (χ1n) is 4.09. The standard InChI is InChI=1S/C8H11N2O3/c1-3-7-5-9(11)6(2)4-8(7)10(12)13/h4-6H,3H2,1-2H3/q+1. The molecule has 0 saturated heterocycles. The molecule has 0 aromatic carbocycles. The molecule has 5 heteroatoms. The molecule has 0 aromatic heterocycles. The second-order valence-electron chi connectivity index (χ2n) is 2.92. The van der Waals surface area contributed by atoms with Gasteiger partial charge >= 0.3 is 0 Å². The highest BCUT2D eigenvalue weighted by molar-refractivity contribution is 5.25. The van der Waals surface area contributed by atoms with E-state index < -0.39 is 11.0 Å². The summed E-state index contributed by atoms with van der Waals surface area (Å²) in [5, 5.41) is 10.6. The molecule has 0 aromatic rings. The molecule has 1 aliphatic heterocycles. The molecule has 1 rings (SSSR count). The van der Waals surface area contributed by atoms with Crippen molar-refractivity contribution < 1.29 is 9.68 Å². The van der Waals surface area contributed by atoms with Gasteiger partial charge in [0.15, 0.2) is 0 Å². The van der Waals surface area contributed by atoms with Gasteiger partial charge in [-0.1, -0.05) is 6.92 Å². The van der Waals surface area contributed by atoms with Crippen molar-refractivity contribution in [3.63, 3.8) is 0 Å². The van der Waals surface area contributed by atoms with Crippen LogP contribution in [-0.2, 0) is 0 Å². The Morgan fingerprint density at radius 1 is 1.69 bits per heavy atom. The number of rotatable bonds is 2. The van der Waals surface area contributed by atoms with Gasteiger partial charge in [-0.25, -0.2) is 0 Å². The maximum absolute atomic E-state index is 11.1. The summed E-state index contributed by atoms with van der Waals surface area (Å²) < 4.78 is 0.728. The monoisotopic (exact) mass is 183 g/mol. The highest BCUT2D eigenvalue weighted by Crippen LogP contribution is 2.20. The predicted octanol–water partition coefficient (Wildman–Crippen LogP) is 1.62. The van der Waals surface area contributed by atoms with Gasteiger partial charge in [-0.05, 0) is 6.42 Å². The average Bonchev–Trinajstić information content (AvgIpc) is 2.08. The second kappa shape index (κ2) is 3.47. The van der Waals surface area contributed by atoms with Crippen molar-refractivity contribution in [3.05, 3.63) is 38.6 Å². The average molecular weight is 183 g/mol. The van der Waals surface area contributed by atoms with Crippen molar-refractivity contribution in [2.45, 2.75) is 26.3 Å². The lowest BCUT2D eigenvalue weighted by molar-refractivity contribution is -0.513. The first-order chi connectivity index (χ1) is 6.06.